The molecular formula is C15H23FN2O2. The molecule has 112 valence electrons. The minimum Gasteiger partial charge on any atom is -0.483 e. The normalized spacial score (nSPS) is 12.3. The van der Waals surface area contributed by atoms with Crippen molar-refractivity contribution in [2.24, 2.45) is 5.73 Å². The summed E-state index contributed by atoms with van der Waals surface area (Å²) >= 11 is 0. The van der Waals surface area contributed by atoms with Gasteiger partial charge in [0.05, 0.1) is 0 Å². The van der Waals surface area contributed by atoms with Gasteiger partial charge in [-0.25, -0.2) is 4.39 Å². The van der Waals surface area contributed by atoms with Crippen LogP contribution in [0.2, 0.25) is 0 Å². The Balaban J connectivity index is 2.71. The molecule has 0 saturated heterocycles. The average molecular weight is 282 g/mol. The van der Waals surface area contributed by atoms with Crippen molar-refractivity contribution in [1.29, 1.82) is 0 Å². The summed E-state index contributed by atoms with van der Waals surface area (Å²) in [5.74, 6) is -0.0217. The van der Waals surface area contributed by atoms with Gasteiger partial charge in [-0.15, -0.1) is 0 Å². The summed E-state index contributed by atoms with van der Waals surface area (Å²) < 4.78 is 18.8. The zero-order valence-corrected chi connectivity index (χ0v) is 12.3. The highest BCUT2D eigenvalue weighted by molar-refractivity contribution is 5.77. The minimum atomic E-state index is -0.331. The second-order valence-electron chi connectivity index (χ2n) is 5.14. The Morgan fingerprint density at radius 2 is 2.15 bits per heavy atom. The molecule has 0 aliphatic heterocycles. The molecule has 0 heterocycles. The van der Waals surface area contributed by atoms with E-state index in [1.807, 2.05) is 20.8 Å². The number of rotatable bonds is 7. The minimum absolute atomic E-state index is 0.0522. The first-order valence-electron chi connectivity index (χ1n) is 6.88. The molecule has 0 fully saturated rings. The molecule has 1 amide bonds. The van der Waals surface area contributed by atoms with E-state index in [0.29, 0.717) is 17.7 Å². The topological polar surface area (TPSA) is 64.3 Å². The van der Waals surface area contributed by atoms with Crippen LogP contribution in [0.1, 0.15) is 32.8 Å². The summed E-state index contributed by atoms with van der Waals surface area (Å²) in [6.45, 7) is 5.64. The van der Waals surface area contributed by atoms with E-state index < -0.39 is 0 Å². The van der Waals surface area contributed by atoms with Gasteiger partial charge in [0.1, 0.15) is 11.6 Å². The Hall–Kier alpha value is -1.62. The van der Waals surface area contributed by atoms with Gasteiger partial charge in [-0.2, -0.15) is 0 Å². The first-order chi connectivity index (χ1) is 9.42. The van der Waals surface area contributed by atoms with E-state index in [2.05, 4.69) is 5.32 Å². The van der Waals surface area contributed by atoms with Gasteiger partial charge < -0.3 is 15.8 Å². The van der Waals surface area contributed by atoms with Gasteiger partial charge in [-0.05, 0) is 50.5 Å². The molecule has 0 radical (unpaired) electrons. The maximum atomic E-state index is 13.3. The number of hydrogen-bond donors (Lipinski definition) is 2. The number of halogens is 1. The smallest absolute Gasteiger partial charge is 0.258 e. The molecule has 1 aromatic carbocycles. The van der Waals surface area contributed by atoms with Gasteiger partial charge in [0.2, 0.25) is 0 Å². The van der Waals surface area contributed by atoms with Crippen LogP contribution in [0, 0.1) is 5.82 Å². The second-order valence-corrected chi connectivity index (χ2v) is 5.14. The van der Waals surface area contributed by atoms with Crippen LogP contribution >= 0.6 is 0 Å². The number of carbonyl (C=O) groups excluding carboxylic acids is 1. The standard InChI is InChI=1S/C15H23FN2O2/c1-4-13(17)8-11-7-12(16)5-6-14(11)20-9-15(19)18-10(2)3/h5-7,10,13H,4,8-9,17H2,1-3H3,(H,18,19). The lowest BCUT2D eigenvalue weighted by Crippen LogP contribution is -2.34. The van der Waals surface area contributed by atoms with Crippen molar-refractivity contribution in [3.8, 4) is 5.75 Å². The summed E-state index contributed by atoms with van der Waals surface area (Å²) in [6, 6.07) is 4.27. The van der Waals surface area contributed by atoms with E-state index in [9.17, 15) is 9.18 Å². The molecule has 1 unspecified atom stereocenters. The van der Waals surface area contributed by atoms with Crippen LogP contribution < -0.4 is 15.8 Å². The monoisotopic (exact) mass is 282 g/mol. The summed E-state index contributed by atoms with van der Waals surface area (Å²) in [4.78, 5) is 11.5. The van der Waals surface area contributed by atoms with Gasteiger partial charge in [-0.3, -0.25) is 4.79 Å². The molecular weight excluding hydrogens is 259 g/mol. The van der Waals surface area contributed by atoms with Crippen LogP contribution in [0.4, 0.5) is 4.39 Å². The Morgan fingerprint density at radius 1 is 1.45 bits per heavy atom. The van der Waals surface area contributed by atoms with Crippen molar-refractivity contribution in [3.63, 3.8) is 0 Å². The Morgan fingerprint density at radius 3 is 2.75 bits per heavy atom. The number of benzene rings is 1. The molecule has 0 saturated carbocycles. The van der Waals surface area contributed by atoms with Gasteiger partial charge >= 0.3 is 0 Å². The third-order valence-corrected chi connectivity index (χ3v) is 2.84. The molecule has 1 aromatic rings. The molecule has 0 aliphatic rings. The fourth-order valence-corrected chi connectivity index (χ4v) is 1.78. The van der Waals surface area contributed by atoms with Crippen LogP contribution in [0.15, 0.2) is 18.2 Å². The third kappa shape index (κ3) is 5.57. The molecule has 5 heteroatoms. The SMILES string of the molecule is CCC(N)Cc1cc(F)ccc1OCC(=O)NC(C)C. The van der Waals surface area contributed by atoms with Gasteiger partial charge in [-0.1, -0.05) is 6.92 Å². The van der Waals surface area contributed by atoms with Gasteiger partial charge in [0, 0.05) is 12.1 Å². The number of nitrogens with two attached hydrogens (primary N) is 1. The van der Waals surface area contributed by atoms with Crippen molar-refractivity contribution < 1.29 is 13.9 Å². The van der Waals surface area contributed by atoms with E-state index in [1.165, 1.54) is 18.2 Å². The van der Waals surface area contributed by atoms with Crippen LogP contribution in [-0.4, -0.2) is 24.6 Å². The third-order valence-electron chi connectivity index (χ3n) is 2.84. The Bertz CT molecular complexity index is 449. The molecule has 0 aromatic heterocycles. The van der Waals surface area contributed by atoms with Gasteiger partial charge in [0.15, 0.2) is 6.61 Å². The highest BCUT2D eigenvalue weighted by Crippen LogP contribution is 2.21. The second kappa shape index (κ2) is 7.85. The fraction of sp³-hybridized carbons (Fsp3) is 0.533. The van der Waals surface area contributed by atoms with Crippen molar-refractivity contribution in [2.45, 2.75) is 45.7 Å². The van der Waals surface area contributed by atoms with E-state index in [-0.39, 0.29) is 30.4 Å². The number of hydrogen-bond acceptors (Lipinski definition) is 3. The fourth-order valence-electron chi connectivity index (χ4n) is 1.78. The Kier molecular flexibility index (Phi) is 6.45. The first kappa shape index (κ1) is 16.4. The lowest BCUT2D eigenvalue weighted by atomic mass is 10.0. The van der Waals surface area contributed by atoms with E-state index >= 15 is 0 Å². The summed E-state index contributed by atoms with van der Waals surface area (Å²) in [5, 5.41) is 2.73. The zero-order valence-electron chi connectivity index (χ0n) is 12.3. The maximum Gasteiger partial charge on any atom is 0.258 e. The predicted octanol–water partition coefficient (Wildman–Crippen LogP) is 2.01. The van der Waals surface area contributed by atoms with Crippen LogP contribution in [0.25, 0.3) is 0 Å². The molecule has 0 aliphatic carbocycles. The number of ether oxygens (including phenoxy) is 1. The van der Waals surface area contributed by atoms with E-state index in [1.54, 1.807) is 0 Å². The molecule has 0 bridgehead atoms. The summed E-state index contributed by atoms with van der Waals surface area (Å²) in [6.07, 6.45) is 1.32. The average Bonchev–Trinajstić information content (AvgIpc) is 2.36. The van der Waals surface area contributed by atoms with E-state index in [0.717, 1.165) is 6.42 Å². The molecule has 0 spiro atoms. The van der Waals surface area contributed by atoms with Gasteiger partial charge in [0.25, 0.3) is 5.91 Å². The van der Waals surface area contributed by atoms with Crippen molar-refractivity contribution in [3.05, 3.63) is 29.6 Å². The van der Waals surface area contributed by atoms with Crippen LogP contribution in [0.5, 0.6) is 5.75 Å². The molecule has 1 rings (SSSR count). The summed E-state index contributed by atoms with van der Waals surface area (Å²) in [7, 11) is 0. The molecule has 4 nitrogen and oxygen atoms in total. The lowest BCUT2D eigenvalue weighted by molar-refractivity contribution is -0.123. The summed E-state index contributed by atoms with van der Waals surface area (Å²) in [5.41, 5.74) is 6.58. The maximum absolute atomic E-state index is 13.3. The molecule has 1 atom stereocenters. The van der Waals surface area contributed by atoms with Crippen LogP contribution in [-0.2, 0) is 11.2 Å². The number of carbonyl (C=O) groups is 1. The quantitative estimate of drug-likeness (QED) is 0.804. The molecule has 20 heavy (non-hydrogen) atoms. The van der Waals surface area contributed by atoms with E-state index in [4.69, 9.17) is 10.5 Å². The Labute approximate surface area is 119 Å². The highest BCUT2D eigenvalue weighted by Gasteiger charge is 2.11. The predicted molar refractivity (Wildman–Crippen MR) is 77.1 cm³/mol. The zero-order chi connectivity index (χ0) is 15.1. The van der Waals surface area contributed by atoms with Crippen molar-refractivity contribution >= 4 is 5.91 Å². The number of amides is 1. The highest BCUT2D eigenvalue weighted by atomic mass is 19.1. The largest absolute Gasteiger partial charge is 0.483 e. The first-order valence-corrected chi connectivity index (χ1v) is 6.88. The van der Waals surface area contributed by atoms with Crippen LogP contribution in [0.3, 0.4) is 0 Å². The van der Waals surface area contributed by atoms with Crippen molar-refractivity contribution in [1.82, 2.24) is 5.32 Å². The molecule has 3 N–H and O–H groups in total. The lowest BCUT2D eigenvalue weighted by Gasteiger charge is -2.15. The van der Waals surface area contributed by atoms with Crippen molar-refractivity contribution in [2.75, 3.05) is 6.61 Å². The number of nitrogens with one attached hydrogen (secondary N) is 1.